The van der Waals surface area contributed by atoms with Gasteiger partial charge >= 0.3 is 11.9 Å². The van der Waals surface area contributed by atoms with Gasteiger partial charge in [0.15, 0.2) is 6.10 Å². The summed E-state index contributed by atoms with van der Waals surface area (Å²) in [7, 11) is 0. The summed E-state index contributed by atoms with van der Waals surface area (Å²) in [4.78, 5) is 24.1. The number of ether oxygens (including phenoxy) is 2. The lowest BCUT2D eigenvalue weighted by molar-refractivity contribution is -0.161. The first-order valence-corrected chi connectivity index (χ1v) is 17.9. The van der Waals surface area contributed by atoms with Crippen molar-refractivity contribution in [1.29, 1.82) is 0 Å². The zero-order valence-corrected chi connectivity index (χ0v) is 27.8. The van der Waals surface area contributed by atoms with E-state index in [4.69, 9.17) is 9.47 Å². The normalized spacial score (nSPS) is 12.4. The maximum atomic E-state index is 12.1. The van der Waals surface area contributed by atoms with E-state index >= 15 is 0 Å². The topological polar surface area (TPSA) is 72.8 Å². The van der Waals surface area contributed by atoms with Crippen LogP contribution in [-0.4, -0.2) is 36.4 Å². The van der Waals surface area contributed by atoms with Gasteiger partial charge in [-0.05, 0) is 44.9 Å². The molecule has 1 N–H and O–H groups in total. The predicted molar refractivity (Wildman–Crippen MR) is 178 cm³/mol. The largest absolute Gasteiger partial charge is 0.462 e. The summed E-state index contributed by atoms with van der Waals surface area (Å²) in [5.74, 6) is -0.596. The van der Waals surface area contributed by atoms with Gasteiger partial charge in [-0.25, -0.2) is 0 Å². The van der Waals surface area contributed by atoms with E-state index in [-0.39, 0.29) is 25.2 Å². The van der Waals surface area contributed by atoms with Crippen LogP contribution in [-0.2, 0) is 19.1 Å². The van der Waals surface area contributed by atoms with Crippen molar-refractivity contribution in [2.24, 2.45) is 0 Å². The number of aliphatic hydroxyl groups excluding tert-OH is 1. The van der Waals surface area contributed by atoms with Crippen molar-refractivity contribution in [3.63, 3.8) is 0 Å². The minimum atomic E-state index is -0.766. The molecule has 0 saturated carbocycles. The minimum absolute atomic E-state index is 0.0642. The third kappa shape index (κ3) is 31.3. The molecule has 0 bridgehead atoms. The summed E-state index contributed by atoms with van der Waals surface area (Å²) in [6.45, 7) is 4.08. The molecule has 0 spiro atoms. The Morgan fingerprint density at radius 1 is 0.548 bits per heavy atom. The molecular weight excluding hydrogens is 524 g/mol. The first kappa shape index (κ1) is 40.4. The molecule has 0 aliphatic carbocycles. The molecular formula is C37H68O5. The van der Waals surface area contributed by atoms with Crippen LogP contribution in [0.4, 0.5) is 0 Å². The Morgan fingerprint density at radius 2 is 0.952 bits per heavy atom. The number of unbranched alkanes of at least 4 members (excludes halogenated alkanes) is 20. The van der Waals surface area contributed by atoms with Crippen molar-refractivity contribution in [2.45, 2.75) is 187 Å². The van der Waals surface area contributed by atoms with E-state index in [2.05, 4.69) is 38.2 Å². The van der Waals surface area contributed by atoms with Gasteiger partial charge in [0.2, 0.25) is 0 Å². The molecule has 0 unspecified atom stereocenters. The van der Waals surface area contributed by atoms with Gasteiger partial charge in [0.1, 0.15) is 6.61 Å². The maximum Gasteiger partial charge on any atom is 0.306 e. The third-order valence-corrected chi connectivity index (χ3v) is 7.75. The fourth-order valence-electron chi connectivity index (χ4n) is 4.99. The quantitative estimate of drug-likeness (QED) is 0.0478. The van der Waals surface area contributed by atoms with Crippen molar-refractivity contribution in [1.82, 2.24) is 0 Å². The summed E-state index contributed by atoms with van der Waals surface area (Å²) >= 11 is 0. The van der Waals surface area contributed by atoms with E-state index in [9.17, 15) is 14.7 Å². The first-order chi connectivity index (χ1) is 20.6. The molecule has 0 aliphatic heterocycles. The van der Waals surface area contributed by atoms with Crippen molar-refractivity contribution < 1.29 is 24.2 Å². The number of allylic oxidation sites excluding steroid dienone is 4. The number of carbonyl (C=O) groups is 2. The molecule has 0 rings (SSSR count). The van der Waals surface area contributed by atoms with Crippen LogP contribution in [0.15, 0.2) is 24.3 Å². The highest BCUT2D eigenvalue weighted by atomic mass is 16.6. The second-order valence-corrected chi connectivity index (χ2v) is 12.0. The lowest BCUT2D eigenvalue weighted by Gasteiger charge is -2.15. The number of carbonyl (C=O) groups excluding carboxylic acids is 2. The Morgan fingerprint density at radius 3 is 1.45 bits per heavy atom. The molecule has 5 heteroatoms. The van der Waals surface area contributed by atoms with Crippen LogP contribution in [0.25, 0.3) is 0 Å². The highest BCUT2D eigenvalue weighted by Crippen LogP contribution is 2.13. The van der Waals surface area contributed by atoms with Crippen molar-refractivity contribution in [3.05, 3.63) is 24.3 Å². The third-order valence-electron chi connectivity index (χ3n) is 7.75. The van der Waals surface area contributed by atoms with Gasteiger partial charge < -0.3 is 14.6 Å². The van der Waals surface area contributed by atoms with E-state index in [0.29, 0.717) is 12.8 Å². The standard InChI is InChI=1S/C37H68O5/c1-3-5-7-9-11-13-14-15-16-17-18-19-20-21-22-24-26-28-30-32-37(40)42-35(33-38)34-41-36(39)31-29-27-25-23-12-10-8-6-4-2/h11,13,15-16,35,38H,3-10,12,14,17-34H2,1-2H3/b13-11+,16-15+/t35-/m0/s1. The van der Waals surface area contributed by atoms with Gasteiger partial charge in [0.25, 0.3) is 0 Å². The molecule has 0 fully saturated rings. The van der Waals surface area contributed by atoms with Crippen molar-refractivity contribution >= 4 is 11.9 Å². The molecule has 0 amide bonds. The van der Waals surface area contributed by atoms with Crippen LogP contribution in [0, 0.1) is 0 Å². The molecule has 246 valence electrons. The summed E-state index contributed by atoms with van der Waals surface area (Å²) in [6.07, 6.45) is 38.1. The maximum absolute atomic E-state index is 12.1. The van der Waals surface area contributed by atoms with Crippen LogP contribution in [0.3, 0.4) is 0 Å². The van der Waals surface area contributed by atoms with E-state index < -0.39 is 6.10 Å². The molecule has 0 aromatic rings. The van der Waals surface area contributed by atoms with Gasteiger partial charge in [0.05, 0.1) is 6.61 Å². The number of hydrogen-bond acceptors (Lipinski definition) is 5. The molecule has 0 saturated heterocycles. The van der Waals surface area contributed by atoms with Crippen LogP contribution in [0.5, 0.6) is 0 Å². The summed E-state index contributed by atoms with van der Waals surface area (Å²) < 4.78 is 10.5. The van der Waals surface area contributed by atoms with Crippen LogP contribution in [0.1, 0.15) is 181 Å². The Hall–Kier alpha value is -1.62. The monoisotopic (exact) mass is 593 g/mol. The average molecular weight is 593 g/mol. The van der Waals surface area contributed by atoms with E-state index in [1.54, 1.807) is 0 Å². The van der Waals surface area contributed by atoms with Crippen LogP contribution >= 0.6 is 0 Å². The minimum Gasteiger partial charge on any atom is -0.462 e. The Bertz CT molecular complexity index is 642. The molecule has 5 nitrogen and oxygen atoms in total. The zero-order valence-electron chi connectivity index (χ0n) is 27.8. The fraction of sp³-hybridized carbons (Fsp3) is 0.838. The highest BCUT2D eigenvalue weighted by Gasteiger charge is 2.16. The van der Waals surface area contributed by atoms with E-state index in [1.165, 1.54) is 109 Å². The molecule has 0 aromatic carbocycles. The number of aliphatic hydroxyl groups is 1. The van der Waals surface area contributed by atoms with Gasteiger partial charge in [-0.2, -0.15) is 0 Å². The smallest absolute Gasteiger partial charge is 0.306 e. The molecule has 0 aliphatic rings. The molecule has 1 atom stereocenters. The van der Waals surface area contributed by atoms with Gasteiger partial charge in [-0.1, -0.05) is 147 Å². The van der Waals surface area contributed by atoms with Crippen LogP contribution in [0.2, 0.25) is 0 Å². The lowest BCUT2D eigenvalue weighted by atomic mass is 10.1. The Labute approximate surface area is 260 Å². The predicted octanol–water partition coefficient (Wildman–Crippen LogP) is 10.7. The number of hydrogen-bond donors (Lipinski definition) is 1. The first-order valence-electron chi connectivity index (χ1n) is 17.9. The SMILES string of the molecule is CCCCC/C=C/C/C=C/CCCCCCCCCCCC(=O)O[C@@H](CO)COC(=O)CCCCCCCCCCC. The van der Waals surface area contributed by atoms with Gasteiger partial charge in [-0.15, -0.1) is 0 Å². The second kappa shape index (κ2) is 33.9. The Kier molecular flexibility index (Phi) is 32.6. The van der Waals surface area contributed by atoms with Crippen molar-refractivity contribution in [3.8, 4) is 0 Å². The lowest BCUT2D eigenvalue weighted by Crippen LogP contribution is -2.28. The highest BCUT2D eigenvalue weighted by molar-refractivity contribution is 5.70. The molecule has 0 heterocycles. The number of rotatable bonds is 32. The fourth-order valence-corrected chi connectivity index (χ4v) is 4.99. The summed E-state index contributed by atoms with van der Waals surface area (Å²) in [5.41, 5.74) is 0. The van der Waals surface area contributed by atoms with Gasteiger partial charge in [-0.3, -0.25) is 9.59 Å². The van der Waals surface area contributed by atoms with E-state index in [1.807, 2.05) is 0 Å². The Balaban J connectivity index is 3.54. The summed E-state index contributed by atoms with van der Waals surface area (Å²) in [5, 5.41) is 9.50. The number of esters is 2. The van der Waals surface area contributed by atoms with E-state index in [0.717, 1.165) is 44.9 Å². The second-order valence-electron chi connectivity index (χ2n) is 12.0. The molecule has 0 radical (unpaired) electrons. The van der Waals surface area contributed by atoms with Crippen molar-refractivity contribution in [2.75, 3.05) is 13.2 Å². The zero-order chi connectivity index (χ0) is 30.8. The summed E-state index contributed by atoms with van der Waals surface area (Å²) in [6, 6.07) is 0. The van der Waals surface area contributed by atoms with Crippen LogP contribution < -0.4 is 0 Å². The molecule has 0 aromatic heterocycles. The molecule has 42 heavy (non-hydrogen) atoms. The average Bonchev–Trinajstić information content (AvgIpc) is 2.99. The van der Waals surface area contributed by atoms with Gasteiger partial charge in [0, 0.05) is 12.8 Å².